The Morgan fingerprint density at radius 1 is 1.22 bits per heavy atom. The molecule has 4 heteroatoms. The number of hydrogen-bond acceptors (Lipinski definition) is 3. The Bertz CT molecular complexity index is 851. The number of aromatic nitrogens is 1. The van der Waals surface area contributed by atoms with Crippen LogP contribution in [0.3, 0.4) is 0 Å². The zero-order valence-electron chi connectivity index (χ0n) is 13.7. The van der Waals surface area contributed by atoms with Gasteiger partial charge in [-0.05, 0) is 37.1 Å². The summed E-state index contributed by atoms with van der Waals surface area (Å²) in [6, 6.07) is 13.8. The number of anilines is 1. The average Bonchev–Trinajstić information content (AvgIpc) is 2.96. The van der Waals surface area contributed by atoms with Crippen LogP contribution in [-0.2, 0) is 17.6 Å². The van der Waals surface area contributed by atoms with Gasteiger partial charge in [0.1, 0.15) is 5.69 Å². The number of benzene rings is 2. The first kappa shape index (κ1) is 15.3. The molecule has 2 aromatic carbocycles. The number of amides is 1. The van der Waals surface area contributed by atoms with Crippen LogP contribution in [0, 0.1) is 6.92 Å². The molecule has 1 heterocycles. The molecule has 0 aliphatic carbocycles. The van der Waals surface area contributed by atoms with Crippen LogP contribution in [0.2, 0.25) is 0 Å². The molecule has 0 unspecified atom stereocenters. The molecule has 23 heavy (non-hydrogen) atoms. The number of likely N-dealkylation sites (N-methyl/N-ethyl adjacent to an activating group) is 1. The van der Waals surface area contributed by atoms with E-state index < -0.39 is 0 Å². The van der Waals surface area contributed by atoms with E-state index in [4.69, 9.17) is 4.52 Å². The zero-order chi connectivity index (χ0) is 16.4. The van der Waals surface area contributed by atoms with Gasteiger partial charge in [-0.25, -0.2) is 0 Å². The number of fused-ring (bicyclic) bond motifs is 1. The van der Waals surface area contributed by atoms with Crippen LogP contribution in [-0.4, -0.2) is 18.1 Å². The van der Waals surface area contributed by atoms with Crippen LogP contribution < -0.4 is 4.90 Å². The second-order valence-electron chi connectivity index (χ2n) is 5.74. The molecular weight excluding hydrogens is 288 g/mol. The third kappa shape index (κ3) is 2.97. The van der Waals surface area contributed by atoms with Gasteiger partial charge in [-0.15, -0.1) is 0 Å². The third-order valence-corrected chi connectivity index (χ3v) is 4.13. The summed E-state index contributed by atoms with van der Waals surface area (Å²) in [5.41, 5.74) is 4.64. The molecule has 118 valence electrons. The van der Waals surface area contributed by atoms with Gasteiger partial charge in [0.05, 0.1) is 6.42 Å². The molecule has 0 saturated carbocycles. The Kier molecular flexibility index (Phi) is 4.15. The Labute approximate surface area is 135 Å². The van der Waals surface area contributed by atoms with Crippen molar-refractivity contribution in [1.29, 1.82) is 0 Å². The second kappa shape index (κ2) is 6.24. The van der Waals surface area contributed by atoms with E-state index in [1.54, 1.807) is 4.90 Å². The van der Waals surface area contributed by atoms with Crippen molar-refractivity contribution in [2.45, 2.75) is 26.7 Å². The first-order valence-corrected chi connectivity index (χ1v) is 7.79. The average molecular weight is 308 g/mol. The fourth-order valence-corrected chi connectivity index (χ4v) is 2.76. The minimum Gasteiger partial charge on any atom is -0.356 e. The standard InChI is InChI=1S/C19H20N2O2/c1-4-14-7-5-6-8-17(14)21(3)19(22)12-16-15-11-13(2)9-10-18(15)23-20-16/h5-11H,4,12H2,1-3H3. The third-order valence-electron chi connectivity index (χ3n) is 4.13. The Morgan fingerprint density at radius 2 is 2.00 bits per heavy atom. The van der Waals surface area contributed by atoms with E-state index in [-0.39, 0.29) is 12.3 Å². The van der Waals surface area contributed by atoms with Crippen molar-refractivity contribution < 1.29 is 9.32 Å². The van der Waals surface area contributed by atoms with E-state index >= 15 is 0 Å². The molecule has 0 atom stereocenters. The minimum absolute atomic E-state index is 0.00241. The quantitative estimate of drug-likeness (QED) is 0.734. The number of para-hydroxylation sites is 1. The molecule has 4 nitrogen and oxygen atoms in total. The van der Waals surface area contributed by atoms with E-state index in [2.05, 4.69) is 12.1 Å². The predicted octanol–water partition coefficient (Wildman–Crippen LogP) is 3.90. The van der Waals surface area contributed by atoms with Gasteiger partial charge < -0.3 is 9.42 Å². The SMILES string of the molecule is CCc1ccccc1N(C)C(=O)Cc1noc2ccc(C)cc12. The predicted molar refractivity (Wildman–Crippen MR) is 91.7 cm³/mol. The maximum absolute atomic E-state index is 12.7. The van der Waals surface area contributed by atoms with Crippen molar-refractivity contribution in [3.8, 4) is 0 Å². The van der Waals surface area contributed by atoms with E-state index in [1.165, 1.54) is 0 Å². The Hall–Kier alpha value is -2.62. The van der Waals surface area contributed by atoms with Crippen molar-refractivity contribution >= 4 is 22.6 Å². The molecule has 0 radical (unpaired) electrons. The molecule has 0 bridgehead atoms. The smallest absolute Gasteiger partial charge is 0.232 e. The number of hydrogen-bond donors (Lipinski definition) is 0. The van der Waals surface area contributed by atoms with Gasteiger partial charge in [-0.3, -0.25) is 4.79 Å². The highest BCUT2D eigenvalue weighted by Gasteiger charge is 2.18. The van der Waals surface area contributed by atoms with Crippen LogP contribution in [0.5, 0.6) is 0 Å². The molecule has 0 saturated heterocycles. The van der Waals surface area contributed by atoms with Crippen LogP contribution in [0.25, 0.3) is 11.0 Å². The maximum atomic E-state index is 12.7. The van der Waals surface area contributed by atoms with Gasteiger partial charge in [-0.2, -0.15) is 0 Å². The summed E-state index contributed by atoms with van der Waals surface area (Å²) in [5.74, 6) is 0.00241. The zero-order valence-corrected chi connectivity index (χ0v) is 13.7. The van der Waals surface area contributed by atoms with Gasteiger partial charge in [0, 0.05) is 18.1 Å². The molecular formula is C19H20N2O2. The normalized spacial score (nSPS) is 10.9. The molecule has 0 fully saturated rings. The van der Waals surface area contributed by atoms with Gasteiger partial charge in [0.25, 0.3) is 0 Å². The van der Waals surface area contributed by atoms with Crippen LogP contribution in [0.4, 0.5) is 5.69 Å². The van der Waals surface area contributed by atoms with Crippen molar-refractivity contribution in [2.75, 3.05) is 11.9 Å². The summed E-state index contributed by atoms with van der Waals surface area (Å²) in [5, 5.41) is 4.99. The Balaban J connectivity index is 1.87. The highest BCUT2D eigenvalue weighted by molar-refractivity contribution is 5.96. The second-order valence-corrected chi connectivity index (χ2v) is 5.74. The molecule has 0 spiro atoms. The van der Waals surface area contributed by atoms with Crippen LogP contribution >= 0.6 is 0 Å². The molecule has 3 aromatic rings. The molecule has 0 aliphatic rings. The van der Waals surface area contributed by atoms with E-state index in [9.17, 15) is 4.79 Å². The van der Waals surface area contributed by atoms with Crippen molar-refractivity contribution in [3.63, 3.8) is 0 Å². The summed E-state index contributed by atoms with van der Waals surface area (Å²) in [6.07, 6.45) is 1.12. The van der Waals surface area contributed by atoms with Gasteiger partial charge in [0.2, 0.25) is 5.91 Å². The highest BCUT2D eigenvalue weighted by atomic mass is 16.5. The lowest BCUT2D eigenvalue weighted by Crippen LogP contribution is -2.28. The lowest BCUT2D eigenvalue weighted by Gasteiger charge is -2.20. The molecule has 0 aliphatic heterocycles. The minimum atomic E-state index is 0.00241. The topological polar surface area (TPSA) is 46.3 Å². The first-order valence-electron chi connectivity index (χ1n) is 7.79. The molecule has 1 amide bonds. The summed E-state index contributed by atoms with van der Waals surface area (Å²) < 4.78 is 5.31. The summed E-state index contributed by atoms with van der Waals surface area (Å²) in [6.45, 7) is 4.10. The van der Waals surface area contributed by atoms with E-state index in [0.29, 0.717) is 5.69 Å². The van der Waals surface area contributed by atoms with Crippen molar-refractivity contribution in [1.82, 2.24) is 5.16 Å². The Morgan fingerprint density at radius 3 is 2.78 bits per heavy atom. The molecule has 1 aromatic heterocycles. The highest BCUT2D eigenvalue weighted by Crippen LogP contribution is 2.23. The molecule has 3 rings (SSSR count). The monoisotopic (exact) mass is 308 g/mol. The van der Waals surface area contributed by atoms with Crippen molar-refractivity contribution in [2.24, 2.45) is 0 Å². The van der Waals surface area contributed by atoms with Crippen LogP contribution in [0.15, 0.2) is 47.0 Å². The maximum Gasteiger partial charge on any atom is 0.232 e. The number of carbonyl (C=O) groups is 1. The van der Waals surface area contributed by atoms with Gasteiger partial charge in [-0.1, -0.05) is 41.9 Å². The van der Waals surface area contributed by atoms with E-state index in [1.807, 2.05) is 56.4 Å². The van der Waals surface area contributed by atoms with Crippen LogP contribution in [0.1, 0.15) is 23.7 Å². The summed E-state index contributed by atoms with van der Waals surface area (Å²) in [7, 11) is 1.81. The van der Waals surface area contributed by atoms with Gasteiger partial charge in [0.15, 0.2) is 5.58 Å². The van der Waals surface area contributed by atoms with Gasteiger partial charge >= 0.3 is 0 Å². The number of carbonyl (C=O) groups excluding carboxylic acids is 1. The summed E-state index contributed by atoms with van der Waals surface area (Å²) >= 11 is 0. The number of aryl methyl sites for hydroxylation is 2. The molecule has 0 N–H and O–H groups in total. The largest absolute Gasteiger partial charge is 0.356 e. The lowest BCUT2D eigenvalue weighted by atomic mass is 10.1. The summed E-state index contributed by atoms with van der Waals surface area (Å²) in [4.78, 5) is 14.4. The lowest BCUT2D eigenvalue weighted by molar-refractivity contribution is -0.117. The fourth-order valence-electron chi connectivity index (χ4n) is 2.76. The number of rotatable bonds is 4. The first-order chi connectivity index (χ1) is 11.1. The fraction of sp³-hybridized carbons (Fsp3) is 0.263. The van der Waals surface area contributed by atoms with E-state index in [0.717, 1.165) is 34.2 Å². The van der Waals surface area contributed by atoms with Crippen molar-refractivity contribution in [3.05, 3.63) is 59.3 Å². The number of nitrogens with zero attached hydrogens (tertiary/aromatic N) is 2.